The van der Waals surface area contributed by atoms with Crippen LogP contribution in [0.15, 0.2) is 53.6 Å². The van der Waals surface area contributed by atoms with Crippen LogP contribution < -0.4 is 5.43 Å². The molecular weight excluding hydrogens is 263 g/mol. The molecule has 0 aliphatic rings. The van der Waals surface area contributed by atoms with Gasteiger partial charge < -0.3 is 0 Å². The van der Waals surface area contributed by atoms with Crippen LogP contribution in [0.25, 0.3) is 0 Å². The fourth-order valence-electron chi connectivity index (χ4n) is 1.95. The molecule has 0 radical (unpaired) electrons. The zero-order valence-corrected chi connectivity index (χ0v) is 12.9. The molecule has 2 rings (SSSR count). The molecule has 0 saturated carbocycles. The van der Waals surface area contributed by atoms with E-state index in [1.807, 2.05) is 6.92 Å². The number of hydrogen-bond donors (Lipinski definition) is 1. The molecule has 0 aliphatic carbocycles. The quantitative estimate of drug-likeness (QED) is 0.625. The van der Waals surface area contributed by atoms with Crippen LogP contribution in [-0.4, -0.2) is 5.71 Å². The number of nitrogens with zero attached hydrogens (tertiary/aromatic N) is 1. The lowest BCUT2D eigenvalue weighted by Crippen LogP contribution is -2.11. The highest BCUT2D eigenvalue weighted by Gasteiger charge is 2.13. The average Bonchev–Trinajstić information content (AvgIpc) is 2.45. The summed E-state index contributed by atoms with van der Waals surface area (Å²) < 4.78 is 12.8. The van der Waals surface area contributed by atoms with Crippen molar-refractivity contribution in [1.82, 2.24) is 0 Å². The highest BCUT2D eigenvalue weighted by Crippen LogP contribution is 2.22. The van der Waals surface area contributed by atoms with Gasteiger partial charge in [0.05, 0.1) is 11.4 Å². The summed E-state index contributed by atoms with van der Waals surface area (Å²) in [6.07, 6.45) is 0. The standard InChI is InChI=1S/C18H21FN2/c1-13(20-21-17-11-9-16(19)10-12-17)14-5-7-15(8-6-14)18(2,3)4/h5-12,21H,1-4H3/b20-13-. The van der Waals surface area contributed by atoms with Crippen LogP contribution in [0.3, 0.4) is 0 Å². The first-order chi connectivity index (χ1) is 9.86. The maximum atomic E-state index is 12.8. The monoisotopic (exact) mass is 284 g/mol. The Balaban J connectivity index is 2.10. The van der Waals surface area contributed by atoms with E-state index in [1.54, 1.807) is 12.1 Å². The summed E-state index contributed by atoms with van der Waals surface area (Å²) in [5.74, 6) is -0.251. The third-order valence-corrected chi connectivity index (χ3v) is 3.37. The number of halogens is 1. The zero-order chi connectivity index (χ0) is 15.5. The van der Waals surface area contributed by atoms with Crippen molar-refractivity contribution in [2.24, 2.45) is 5.10 Å². The van der Waals surface area contributed by atoms with Gasteiger partial charge in [-0.05, 0) is 47.7 Å². The SMILES string of the molecule is C/C(=N/Nc1ccc(F)cc1)c1ccc(C(C)(C)C)cc1. The molecule has 2 aromatic carbocycles. The van der Waals surface area contributed by atoms with Crippen LogP contribution in [0, 0.1) is 5.82 Å². The smallest absolute Gasteiger partial charge is 0.123 e. The van der Waals surface area contributed by atoms with Gasteiger partial charge in [-0.25, -0.2) is 4.39 Å². The molecule has 0 heterocycles. The molecule has 0 bridgehead atoms. The summed E-state index contributed by atoms with van der Waals surface area (Å²) in [5, 5.41) is 4.33. The maximum absolute atomic E-state index is 12.8. The lowest BCUT2D eigenvalue weighted by molar-refractivity contribution is 0.590. The van der Waals surface area contributed by atoms with Gasteiger partial charge in [0.25, 0.3) is 0 Å². The average molecular weight is 284 g/mol. The molecule has 0 aromatic heterocycles. The molecule has 0 unspecified atom stereocenters. The molecule has 21 heavy (non-hydrogen) atoms. The normalized spacial score (nSPS) is 12.3. The van der Waals surface area contributed by atoms with Crippen LogP contribution in [0.5, 0.6) is 0 Å². The van der Waals surface area contributed by atoms with Crippen LogP contribution >= 0.6 is 0 Å². The summed E-state index contributed by atoms with van der Waals surface area (Å²) in [6.45, 7) is 8.53. The Kier molecular flexibility index (Phi) is 4.41. The van der Waals surface area contributed by atoms with Gasteiger partial charge in [0.1, 0.15) is 5.82 Å². The fourth-order valence-corrected chi connectivity index (χ4v) is 1.95. The topological polar surface area (TPSA) is 24.4 Å². The van der Waals surface area contributed by atoms with Crippen molar-refractivity contribution in [2.45, 2.75) is 33.1 Å². The Bertz CT molecular complexity index is 620. The van der Waals surface area contributed by atoms with Gasteiger partial charge in [-0.15, -0.1) is 0 Å². The van der Waals surface area contributed by atoms with Crippen molar-refractivity contribution >= 4 is 11.4 Å². The Morgan fingerprint density at radius 3 is 2.05 bits per heavy atom. The molecule has 2 aromatic rings. The Hall–Kier alpha value is -2.16. The fraction of sp³-hybridized carbons (Fsp3) is 0.278. The van der Waals surface area contributed by atoms with Crippen molar-refractivity contribution in [1.29, 1.82) is 0 Å². The van der Waals surface area contributed by atoms with E-state index < -0.39 is 0 Å². The zero-order valence-electron chi connectivity index (χ0n) is 12.9. The number of anilines is 1. The molecule has 1 N–H and O–H groups in total. The van der Waals surface area contributed by atoms with Crippen molar-refractivity contribution < 1.29 is 4.39 Å². The minimum absolute atomic E-state index is 0.149. The number of rotatable bonds is 3. The van der Waals surface area contributed by atoms with Crippen molar-refractivity contribution in [3.8, 4) is 0 Å². The highest BCUT2D eigenvalue weighted by atomic mass is 19.1. The second-order valence-corrected chi connectivity index (χ2v) is 6.14. The van der Waals surface area contributed by atoms with Gasteiger partial charge in [0.2, 0.25) is 0 Å². The third kappa shape index (κ3) is 4.15. The van der Waals surface area contributed by atoms with E-state index in [0.29, 0.717) is 0 Å². The number of benzene rings is 2. The Morgan fingerprint density at radius 1 is 0.952 bits per heavy atom. The van der Waals surface area contributed by atoms with Crippen LogP contribution in [-0.2, 0) is 5.41 Å². The van der Waals surface area contributed by atoms with Crippen LogP contribution in [0.1, 0.15) is 38.8 Å². The predicted molar refractivity (Wildman–Crippen MR) is 87.4 cm³/mol. The van der Waals surface area contributed by atoms with Crippen LogP contribution in [0.4, 0.5) is 10.1 Å². The van der Waals surface area contributed by atoms with Gasteiger partial charge in [-0.1, -0.05) is 45.0 Å². The number of nitrogens with one attached hydrogen (secondary N) is 1. The minimum atomic E-state index is -0.251. The summed E-state index contributed by atoms with van der Waals surface area (Å²) in [4.78, 5) is 0. The largest absolute Gasteiger partial charge is 0.278 e. The second kappa shape index (κ2) is 6.08. The molecule has 0 fully saturated rings. The molecule has 0 spiro atoms. The molecule has 0 aliphatic heterocycles. The number of hydrazone groups is 1. The molecule has 0 atom stereocenters. The summed E-state index contributed by atoms with van der Waals surface area (Å²) in [6, 6.07) is 14.6. The maximum Gasteiger partial charge on any atom is 0.123 e. The highest BCUT2D eigenvalue weighted by molar-refractivity contribution is 5.99. The van der Waals surface area contributed by atoms with E-state index in [2.05, 4.69) is 55.6 Å². The molecule has 110 valence electrons. The Morgan fingerprint density at radius 2 is 1.52 bits per heavy atom. The molecular formula is C18H21FN2. The summed E-state index contributed by atoms with van der Waals surface area (Å²) in [5.41, 5.74) is 7.10. The number of hydrogen-bond acceptors (Lipinski definition) is 2. The summed E-state index contributed by atoms with van der Waals surface area (Å²) >= 11 is 0. The van der Waals surface area contributed by atoms with Crippen molar-refractivity contribution in [3.63, 3.8) is 0 Å². The third-order valence-electron chi connectivity index (χ3n) is 3.37. The molecule has 3 heteroatoms. The van der Waals surface area contributed by atoms with Gasteiger partial charge in [0, 0.05) is 0 Å². The van der Waals surface area contributed by atoms with Crippen molar-refractivity contribution in [3.05, 3.63) is 65.5 Å². The van der Waals surface area contributed by atoms with Gasteiger partial charge in [-0.2, -0.15) is 5.10 Å². The van der Waals surface area contributed by atoms with Crippen molar-refractivity contribution in [2.75, 3.05) is 5.43 Å². The van der Waals surface area contributed by atoms with E-state index in [4.69, 9.17) is 0 Å². The lowest BCUT2D eigenvalue weighted by Gasteiger charge is -2.19. The van der Waals surface area contributed by atoms with Gasteiger partial charge >= 0.3 is 0 Å². The van der Waals surface area contributed by atoms with Crippen LogP contribution in [0.2, 0.25) is 0 Å². The minimum Gasteiger partial charge on any atom is -0.278 e. The molecule has 2 nitrogen and oxygen atoms in total. The van der Waals surface area contributed by atoms with E-state index in [9.17, 15) is 4.39 Å². The first-order valence-electron chi connectivity index (χ1n) is 7.03. The van der Waals surface area contributed by atoms with Gasteiger partial charge in [0.15, 0.2) is 0 Å². The van der Waals surface area contributed by atoms with E-state index in [1.165, 1.54) is 17.7 Å². The lowest BCUT2D eigenvalue weighted by atomic mass is 9.86. The summed E-state index contributed by atoms with van der Waals surface area (Å²) in [7, 11) is 0. The predicted octanol–water partition coefficient (Wildman–Crippen LogP) is 4.96. The molecule has 0 amide bonds. The van der Waals surface area contributed by atoms with Gasteiger partial charge in [-0.3, -0.25) is 5.43 Å². The Labute approximate surface area is 125 Å². The molecule has 0 saturated heterocycles. The van der Waals surface area contributed by atoms with E-state index in [0.717, 1.165) is 17.0 Å². The first kappa shape index (κ1) is 15.2. The first-order valence-corrected chi connectivity index (χ1v) is 7.03. The van der Waals surface area contributed by atoms with E-state index in [-0.39, 0.29) is 11.2 Å². The second-order valence-electron chi connectivity index (χ2n) is 6.14. The van der Waals surface area contributed by atoms with E-state index >= 15 is 0 Å².